The lowest BCUT2D eigenvalue weighted by Crippen LogP contribution is -2.26. The zero-order chi connectivity index (χ0) is 21.0. The summed E-state index contributed by atoms with van der Waals surface area (Å²) in [5.41, 5.74) is 12.7. The number of aromatic nitrogens is 2. The molecule has 1 heterocycles. The van der Waals surface area contributed by atoms with Crippen molar-refractivity contribution >= 4 is 5.91 Å². The van der Waals surface area contributed by atoms with Gasteiger partial charge in [-0.05, 0) is 42.2 Å². The van der Waals surface area contributed by atoms with Crippen LogP contribution in [0.5, 0.6) is 0 Å². The van der Waals surface area contributed by atoms with Gasteiger partial charge in [-0.1, -0.05) is 42.5 Å². The summed E-state index contributed by atoms with van der Waals surface area (Å²) in [7, 11) is 3.35. The maximum absolute atomic E-state index is 11.9. The summed E-state index contributed by atoms with van der Waals surface area (Å²) in [5.74, 6) is -0.555. The Bertz CT molecular complexity index is 993. The molecular weight excluding hydrogens is 366 g/mol. The second-order valence-electron chi connectivity index (χ2n) is 7.10. The number of methoxy groups -OCH3 is 1. The molecule has 0 aliphatic heterocycles. The Morgan fingerprint density at radius 2 is 1.66 bits per heavy atom. The largest absolute Gasteiger partial charge is 0.382 e. The molecule has 0 aliphatic carbocycles. The van der Waals surface area contributed by atoms with Crippen LogP contribution in [0.15, 0.2) is 48.5 Å². The fourth-order valence-electron chi connectivity index (χ4n) is 3.19. The number of rotatable bonds is 8. The molecule has 2 aromatic carbocycles. The van der Waals surface area contributed by atoms with Crippen molar-refractivity contribution in [2.45, 2.75) is 20.0 Å². The highest BCUT2D eigenvalue weighted by Gasteiger charge is 2.23. The van der Waals surface area contributed by atoms with Gasteiger partial charge < -0.3 is 15.2 Å². The van der Waals surface area contributed by atoms with Crippen molar-refractivity contribution in [3.8, 4) is 22.4 Å². The van der Waals surface area contributed by atoms with Gasteiger partial charge in [0, 0.05) is 19.7 Å². The van der Waals surface area contributed by atoms with E-state index in [0.717, 1.165) is 16.8 Å². The Kier molecular flexibility index (Phi) is 6.46. The topological polar surface area (TPSA) is 79.4 Å². The van der Waals surface area contributed by atoms with Crippen LogP contribution in [-0.2, 0) is 21.3 Å². The van der Waals surface area contributed by atoms with Crippen LogP contribution in [0.3, 0.4) is 0 Å². The first-order valence-corrected chi connectivity index (χ1v) is 9.52. The minimum Gasteiger partial charge on any atom is -0.382 e. The molecule has 0 bridgehead atoms. The molecule has 0 fully saturated rings. The third-order valence-electron chi connectivity index (χ3n) is 5.04. The molecule has 6 heteroatoms. The predicted molar refractivity (Wildman–Crippen MR) is 113 cm³/mol. The van der Waals surface area contributed by atoms with E-state index in [1.807, 2.05) is 18.2 Å². The van der Waals surface area contributed by atoms with E-state index in [9.17, 15) is 4.79 Å². The van der Waals surface area contributed by atoms with Gasteiger partial charge in [0.15, 0.2) is 6.10 Å². The van der Waals surface area contributed by atoms with Gasteiger partial charge in [-0.2, -0.15) is 5.10 Å². The van der Waals surface area contributed by atoms with Gasteiger partial charge in [-0.3, -0.25) is 9.48 Å². The summed E-state index contributed by atoms with van der Waals surface area (Å²) in [6.45, 7) is 4.88. The highest BCUT2D eigenvalue weighted by molar-refractivity contribution is 5.80. The number of hydrogen-bond donors (Lipinski definition) is 1. The molecule has 1 unspecified atom stereocenters. The fourth-order valence-corrected chi connectivity index (χ4v) is 3.19. The number of nitrogens with zero attached hydrogens (tertiary/aromatic N) is 2. The highest BCUT2D eigenvalue weighted by Crippen LogP contribution is 2.28. The third-order valence-corrected chi connectivity index (χ3v) is 5.04. The van der Waals surface area contributed by atoms with Gasteiger partial charge in [-0.15, -0.1) is 0 Å². The van der Waals surface area contributed by atoms with E-state index in [0.29, 0.717) is 12.3 Å². The molecular formula is C23H27N3O3. The van der Waals surface area contributed by atoms with Crippen LogP contribution in [-0.4, -0.2) is 36.0 Å². The van der Waals surface area contributed by atoms with E-state index >= 15 is 0 Å². The Balaban J connectivity index is 1.85. The van der Waals surface area contributed by atoms with Crippen LogP contribution in [0.1, 0.15) is 22.9 Å². The van der Waals surface area contributed by atoms with Gasteiger partial charge in [0.2, 0.25) is 0 Å². The normalized spacial score (nSPS) is 12.1. The molecule has 6 nitrogen and oxygen atoms in total. The van der Waals surface area contributed by atoms with E-state index in [-0.39, 0.29) is 6.61 Å². The third kappa shape index (κ3) is 4.72. The lowest BCUT2D eigenvalue weighted by Gasteiger charge is -2.14. The Labute approximate surface area is 171 Å². The second-order valence-corrected chi connectivity index (χ2v) is 7.10. The van der Waals surface area contributed by atoms with Gasteiger partial charge in [0.1, 0.15) is 0 Å². The molecule has 1 aromatic heterocycles. The van der Waals surface area contributed by atoms with Crippen LogP contribution < -0.4 is 5.73 Å². The fraction of sp³-hybridized carbons (Fsp3) is 0.304. The van der Waals surface area contributed by atoms with Crippen LogP contribution in [0, 0.1) is 13.8 Å². The number of primary amides is 1. The quantitative estimate of drug-likeness (QED) is 0.594. The monoisotopic (exact) mass is 393 g/mol. The van der Waals surface area contributed by atoms with Crippen molar-refractivity contribution in [1.29, 1.82) is 0 Å². The van der Waals surface area contributed by atoms with Gasteiger partial charge >= 0.3 is 0 Å². The lowest BCUT2D eigenvalue weighted by molar-refractivity contribution is -0.131. The van der Waals surface area contributed by atoms with Gasteiger partial charge in [0.25, 0.3) is 5.91 Å². The number of benzene rings is 2. The number of amides is 1. The maximum Gasteiger partial charge on any atom is 0.252 e. The average molecular weight is 393 g/mol. The summed E-state index contributed by atoms with van der Waals surface area (Å²) >= 11 is 0. The number of nitrogens with two attached hydrogens (primary N) is 1. The molecule has 0 saturated heterocycles. The van der Waals surface area contributed by atoms with E-state index in [1.165, 1.54) is 16.7 Å². The first-order valence-electron chi connectivity index (χ1n) is 9.52. The zero-order valence-corrected chi connectivity index (χ0v) is 17.3. The van der Waals surface area contributed by atoms with Crippen molar-refractivity contribution in [3.05, 3.63) is 65.4 Å². The molecule has 29 heavy (non-hydrogen) atoms. The molecule has 1 atom stereocenters. The zero-order valence-electron chi connectivity index (χ0n) is 17.3. The molecule has 0 radical (unpaired) electrons. The van der Waals surface area contributed by atoms with Crippen molar-refractivity contribution in [2.75, 3.05) is 20.3 Å². The van der Waals surface area contributed by atoms with Crippen molar-refractivity contribution in [2.24, 2.45) is 12.8 Å². The van der Waals surface area contributed by atoms with Gasteiger partial charge in [-0.25, -0.2) is 0 Å². The van der Waals surface area contributed by atoms with Crippen LogP contribution in [0.25, 0.3) is 22.4 Å². The molecule has 0 saturated carbocycles. The van der Waals surface area contributed by atoms with Crippen molar-refractivity contribution < 1.29 is 14.3 Å². The first kappa shape index (κ1) is 20.8. The number of ether oxygens (including phenoxy) is 2. The van der Waals surface area contributed by atoms with Gasteiger partial charge in [0.05, 0.1) is 24.6 Å². The summed E-state index contributed by atoms with van der Waals surface area (Å²) in [6.07, 6.45) is -0.869. The molecule has 2 N–H and O–H groups in total. The number of hydrogen-bond acceptors (Lipinski definition) is 4. The van der Waals surface area contributed by atoms with E-state index in [2.05, 4.69) is 49.3 Å². The summed E-state index contributed by atoms with van der Waals surface area (Å²) in [6, 6.07) is 16.5. The Hall–Kier alpha value is -2.96. The Morgan fingerprint density at radius 3 is 2.28 bits per heavy atom. The molecule has 0 spiro atoms. The SMILES string of the molecule is COCCOC(C(N)=O)c1cc(-c2ccc(-c3ccc(C)c(C)c3)cc2)nn1C. The summed E-state index contributed by atoms with van der Waals surface area (Å²) in [5, 5.41) is 4.54. The minimum atomic E-state index is -0.869. The summed E-state index contributed by atoms with van der Waals surface area (Å²) < 4.78 is 12.2. The number of carbonyl (C=O) groups is 1. The average Bonchev–Trinajstić information content (AvgIpc) is 3.08. The minimum absolute atomic E-state index is 0.273. The Morgan fingerprint density at radius 1 is 1.00 bits per heavy atom. The van der Waals surface area contributed by atoms with E-state index < -0.39 is 12.0 Å². The van der Waals surface area contributed by atoms with Crippen LogP contribution in [0.2, 0.25) is 0 Å². The first-order chi connectivity index (χ1) is 13.9. The van der Waals surface area contributed by atoms with Crippen molar-refractivity contribution in [1.82, 2.24) is 9.78 Å². The molecule has 3 rings (SSSR count). The highest BCUT2D eigenvalue weighted by atomic mass is 16.5. The second kappa shape index (κ2) is 9.03. The van der Waals surface area contributed by atoms with E-state index in [1.54, 1.807) is 18.8 Å². The predicted octanol–water partition coefficient (Wildman–Crippen LogP) is 3.56. The van der Waals surface area contributed by atoms with Crippen LogP contribution >= 0.6 is 0 Å². The van der Waals surface area contributed by atoms with Crippen molar-refractivity contribution in [3.63, 3.8) is 0 Å². The standard InChI is InChI=1S/C23H27N3O3/c1-15-5-6-19(13-16(15)2)17-7-9-18(10-8-17)20-14-21(26(3)25-20)22(23(24)27)29-12-11-28-4/h5-10,13-14,22H,11-12H2,1-4H3,(H2,24,27). The molecule has 3 aromatic rings. The molecule has 152 valence electrons. The smallest absolute Gasteiger partial charge is 0.252 e. The van der Waals surface area contributed by atoms with E-state index in [4.69, 9.17) is 15.2 Å². The molecule has 1 amide bonds. The molecule has 0 aliphatic rings. The summed E-state index contributed by atoms with van der Waals surface area (Å²) in [4.78, 5) is 11.9. The lowest BCUT2D eigenvalue weighted by atomic mass is 9.99. The number of carbonyl (C=O) groups excluding carboxylic acids is 1. The number of aryl methyl sites for hydroxylation is 3. The van der Waals surface area contributed by atoms with Crippen LogP contribution in [0.4, 0.5) is 0 Å². The maximum atomic E-state index is 11.9.